The van der Waals surface area contributed by atoms with Crippen LogP contribution in [0.5, 0.6) is 5.75 Å². The van der Waals surface area contributed by atoms with Crippen LogP contribution in [-0.4, -0.2) is 21.1 Å². The van der Waals surface area contributed by atoms with E-state index in [1.165, 1.54) is 6.20 Å². The summed E-state index contributed by atoms with van der Waals surface area (Å²) in [7, 11) is 0. The molecule has 0 aliphatic rings. The van der Waals surface area contributed by atoms with Gasteiger partial charge in [-0.25, -0.2) is 14.4 Å². The Morgan fingerprint density at radius 1 is 1.28 bits per heavy atom. The predicted octanol–water partition coefficient (Wildman–Crippen LogP) is 2.05. The van der Waals surface area contributed by atoms with Crippen molar-refractivity contribution < 1.29 is 9.13 Å². The molecule has 6 heteroatoms. The normalized spacial score (nSPS) is 10.7. The van der Waals surface area contributed by atoms with Gasteiger partial charge in [0, 0.05) is 11.8 Å². The van der Waals surface area contributed by atoms with E-state index in [1.54, 1.807) is 12.3 Å². The van der Waals surface area contributed by atoms with E-state index < -0.39 is 5.82 Å². The Kier molecular flexibility index (Phi) is 3.36. The molecule has 94 valence electrons. The summed E-state index contributed by atoms with van der Waals surface area (Å²) in [4.78, 5) is 11.4. The fraction of sp³-hybridized carbons (Fsp3) is 0.250. The average molecular weight is 248 g/mol. The third kappa shape index (κ3) is 2.71. The van der Waals surface area contributed by atoms with Gasteiger partial charge in [-0.1, -0.05) is 0 Å². The van der Waals surface area contributed by atoms with Crippen molar-refractivity contribution in [2.75, 3.05) is 5.73 Å². The van der Waals surface area contributed by atoms with Crippen LogP contribution in [0.1, 0.15) is 13.8 Å². The SMILES string of the molecule is CC(C)Oc1cncc(-c2nc(N)ncc2F)c1. The monoisotopic (exact) mass is 248 g/mol. The lowest BCUT2D eigenvalue weighted by atomic mass is 10.2. The van der Waals surface area contributed by atoms with Crippen molar-refractivity contribution in [2.24, 2.45) is 0 Å². The van der Waals surface area contributed by atoms with Crippen LogP contribution in [0, 0.1) is 5.82 Å². The number of nitrogens with two attached hydrogens (primary N) is 1. The molecule has 0 aliphatic heterocycles. The van der Waals surface area contributed by atoms with Crippen LogP contribution in [0.15, 0.2) is 24.7 Å². The number of anilines is 1. The lowest BCUT2D eigenvalue weighted by molar-refractivity contribution is 0.241. The molecular formula is C12H13FN4O. The zero-order valence-corrected chi connectivity index (χ0v) is 10.1. The Morgan fingerprint density at radius 3 is 2.78 bits per heavy atom. The van der Waals surface area contributed by atoms with E-state index in [0.29, 0.717) is 11.3 Å². The molecule has 0 unspecified atom stereocenters. The third-order valence-electron chi connectivity index (χ3n) is 2.12. The number of nitrogens with zero attached hydrogens (tertiary/aromatic N) is 3. The molecule has 0 aliphatic carbocycles. The van der Waals surface area contributed by atoms with Crippen molar-refractivity contribution in [3.8, 4) is 17.0 Å². The van der Waals surface area contributed by atoms with Crippen molar-refractivity contribution in [3.05, 3.63) is 30.5 Å². The highest BCUT2D eigenvalue weighted by atomic mass is 19.1. The van der Waals surface area contributed by atoms with Gasteiger partial charge in [-0.3, -0.25) is 4.98 Å². The van der Waals surface area contributed by atoms with Gasteiger partial charge in [0.25, 0.3) is 0 Å². The number of halogens is 1. The highest BCUT2D eigenvalue weighted by Gasteiger charge is 2.10. The van der Waals surface area contributed by atoms with E-state index in [9.17, 15) is 4.39 Å². The molecule has 0 atom stereocenters. The van der Waals surface area contributed by atoms with Crippen molar-refractivity contribution in [3.63, 3.8) is 0 Å². The first-order valence-electron chi connectivity index (χ1n) is 5.46. The first kappa shape index (κ1) is 12.2. The molecule has 0 radical (unpaired) electrons. The first-order chi connectivity index (χ1) is 8.56. The lowest BCUT2D eigenvalue weighted by Crippen LogP contribution is -2.06. The number of pyridine rings is 1. The quantitative estimate of drug-likeness (QED) is 0.899. The first-order valence-corrected chi connectivity index (χ1v) is 5.46. The second kappa shape index (κ2) is 4.95. The Bertz CT molecular complexity index is 560. The number of nitrogen functional groups attached to an aromatic ring is 1. The van der Waals surface area contributed by atoms with E-state index >= 15 is 0 Å². The summed E-state index contributed by atoms with van der Waals surface area (Å²) in [5, 5.41) is 0. The van der Waals surface area contributed by atoms with Gasteiger partial charge in [-0.2, -0.15) is 0 Å². The fourth-order valence-electron chi connectivity index (χ4n) is 1.47. The number of aromatic nitrogens is 3. The molecule has 2 heterocycles. The third-order valence-corrected chi connectivity index (χ3v) is 2.12. The highest BCUT2D eigenvalue weighted by molar-refractivity contribution is 5.61. The maximum absolute atomic E-state index is 13.6. The summed E-state index contributed by atoms with van der Waals surface area (Å²) in [6, 6.07) is 1.66. The van der Waals surface area contributed by atoms with Crippen LogP contribution in [-0.2, 0) is 0 Å². The maximum Gasteiger partial charge on any atom is 0.220 e. The molecule has 2 N–H and O–H groups in total. The van der Waals surface area contributed by atoms with Crippen LogP contribution in [0.2, 0.25) is 0 Å². The van der Waals surface area contributed by atoms with E-state index in [4.69, 9.17) is 10.5 Å². The molecule has 0 saturated carbocycles. The summed E-state index contributed by atoms with van der Waals surface area (Å²) in [5.74, 6) is 0.0216. The number of rotatable bonds is 3. The molecule has 5 nitrogen and oxygen atoms in total. The minimum absolute atomic E-state index is 0.0154. The molecule has 2 aromatic heterocycles. The number of ether oxygens (including phenoxy) is 1. The zero-order valence-electron chi connectivity index (χ0n) is 10.1. The highest BCUT2D eigenvalue weighted by Crippen LogP contribution is 2.23. The molecule has 0 aromatic carbocycles. The van der Waals surface area contributed by atoms with Gasteiger partial charge in [0.2, 0.25) is 5.95 Å². The van der Waals surface area contributed by atoms with Gasteiger partial charge in [-0.15, -0.1) is 0 Å². The van der Waals surface area contributed by atoms with E-state index in [-0.39, 0.29) is 17.7 Å². The Labute approximate surface area is 104 Å². The second-order valence-electron chi connectivity index (χ2n) is 4.00. The maximum atomic E-state index is 13.6. The van der Waals surface area contributed by atoms with Crippen molar-refractivity contribution in [1.29, 1.82) is 0 Å². The van der Waals surface area contributed by atoms with Gasteiger partial charge in [-0.05, 0) is 19.9 Å². The molecule has 0 saturated heterocycles. The largest absolute Gasteiger partial charge is 0.489 e. The summed E-state index contributed by atoms with van der Waals surface area (Å²) < 4.78 is 19.1. The summed E-state index contributed by atoms with van der Waals surface area (Å²) in [6.07, 6.45) is 4.11. The van der Waals surface area contributed by atoms with Gasteiger partial charge >= 0.3 is 0 Å². The van der Waals surface area contributed by atoms with Gasteiger partial charge in [0.1, 0.15) is 11.4 Å². The van der Waals surface area contributed by atoms with Crippen LogP contribution >= 0.6 is 0 Å². The Balaban J connectivity index is 2.41. The molecule has 0 bridgehead atoms. The lowest BCUT2D eigenvalue weighted by Gasteiger charge is -2.10. The molecule has 0 amide bonds. The van der Waals surface area contributed by atoms with Crippen molar-refractivity contribution >= 4 is 5.95 Å². The molecule has 0 spiro atoms. The van der Waals surface area contributed by atoms with E-state index in [0.717, 1.165) is 6.20 Å². The molecule has 2 rings (SSSR count). The Morgan fingerprint density at radius 2 is 2.06 bits per heavy atom. The summed E-state index contributed by atoms with van der Waals surface area (Å²) in [6.45, 7) is 3.80. The topological polar surface area (TPSA) is 73.9 Å². The minimum atomic E-state index is -0.548. The van der Waals surface area contributed by atoms with Gasteiger partial charge < -0.3 is 10.5 Å². The zero-order chi connectivity index (χ0) is 13.1. The van der Waals surface area contributed by atoms with Crippen LogP contribution in [0.3, 0.4) is 0 Å². The number of hydrogen-bond acceptors (Lipinski definition) is 5. The van der Waals surface area contributed by atoms with E-state index in [1.807, 2.05) is 13.8 Å². The van der Waals surface area contributed by atoms with Crippen LogP contribution < -0.4 is 10.5 Å². The average Bonchev–Trinajstić information content (AvgIpc) is 2.32. The molecular weight excluding hydrogens is 235 g/mol. The van der Waals surface area contributed by atoms with Crippen molar-refractivity contribution in [1.82, 2.24) is 15.0 Å². The fourth-order valence-corrected chi connectivity index (χ4v) is 1.47. The standard InChI is InChI=1S/C12H13FN4O/c1-7(2)18-9-3-8(4-15-5-9)11-10(13)6-16-12(14)17-11/h3-7H,1-2H3,(H2,14,16,17). The van der Waals surface area contributed by atoms with Crippen LogP contribution in [0.4, 0.5) is 10.3 Å². The number of hydrogen-bond donors (Lipinski definition) is 1. The smallest absolute Gasteiger partial charge is 0.220 e. The minimum Gasteiger partial charge on any atom is -0.489 e. The van der Waals surface area contributed by atoms with E-state index in [2.05, 4.69) is 15.0 Å². The predicted molar refractivity (Wildman–Crippen MR) is 65.4 cm³/mol. The molecule has 18 heavy (non-hydrogen) atoms. The Hall–Kier alpha value is -2.24. The summed E-state index contributed by atoms with van der Waals surface area (Å²) in [5.41, 5.74) is 6.06. The van der Waals surface area contributed by atoms with Crippen molar-refractivity contribution in [2.45, 2.75) is 20.0 Å². The van der Waals surface area contributed by atoms with Crippen LogP contribution in [0.25, 0.3) is 11.3 Å². The second-order valence-corrected chi connectivity index (χ2v) is 4.00. The van der Waals surface area contributed by atoms with Gasteiger partial charge in [0.15, 0.2) is 5.82 Å². The van der Waals surface area contributed by atoms with Gasteiger partial charge in [0.05, 0.1) is 18.5 Å². The summed E-state index contributed by atoms with van der Waals surface area (Å²) >= 11 is 0. The molecule has 0 fully saturated rings. The molecule has 2 aromatic rings.